The fraction of sp³-hybridized carbons (Fsp3) is 0. The van der Waals surface area contributed by atoms with Crippen molar-refractivity contribution in [3.8, 4) is 22.7 Å². The lowest BCUT2D eigenvalue weighted by atomic mass is 10.1. The number of benzene rings is 2. The molecule has 0 amide bonds. The maximum atomic E-state index is 14.3. The van der Waals surface area contributed by atoms with E-state index in [0.29, 0.717) is 11.4 Å². The van der Waals surface area contributed by atoms with Gasteiger partial charge in [-0.3, -0.25) is 4.57 Å². The van der Waals surface area contributed by atoms with Gasteiger partial charge in [-0.25, -0.2) is 0 Å². The number of nitrogens with two attached hydrogens (primary N) is 1. The summed E-state index contributed by atoms with van der Waals surface area (Å²) in [5.74, 6) is -1.28. The monoisotopic (exact) mass is 268 g/mol. The first kappa shape index (κ1) is 12.3. The van der Waals surface area contributed by atoms with Crippen LogP contribution in [0.4, 0.5) is 10.1 Å². The molecule has 0 radical (unpaired) electrons. The van der Waals surface area contributed by atoms with Crippen molar-refractivity contribution in [2.45, 2.75) is 0 Å². The van der Waals surface area contributed by atoms with Crippen LogP contribution in [0.2, 0.25) is 0 Å². The van der Waals surface area contributed by atoms with Gasteiger partial charge in [-0.15, -0.1) is 0 Å². The van der Waals surface area contributed by atoms with E-state index >= 15 is 0 Å². The van der Waals surface area contributed by atoms with E-state index in [4.69, 9.17) is 5.73 Å². The number of aromatic hydroxyl groups is 1. The summed E-state index contributed by atoms with van der Waals surface area (Å²) < 4.78 is 15.6. The zero-order valence-electron chi connectivity index (χ0n) is 10.6. The van der Waals surface area contributed by atoms with Gasteiger partial charge in [0.1, 0.15) is 5.69 Å². The second-order valence-electron chi connectivity index (χ2n) is 4.44. The van der Waals surface area contributed by atoms with Crippen LogP contribution in [0, 0.1) is 5.95 Å². The molecule has 4 heteroatoms. The molecular formula is C16H13FN2O. The molecule has 0 bridgehead atoms. The Morgan fingerprint density at radius 1 is 0.900 bits per heavy atom. The summed E-state index contributed by atoms with van der Waals surface area (Å²) in [5.41, 5.74) is 7.70. The van der Waals surface area contributed by atoms with Crippen LogP contribution in [-0.4, -0.2) is 9.67 Å². The summed E-state index contributed by atoms with van der Waals surface area (Å²) in [5, 5.41) is 9.81. The van der Waals surface area contributed by atoms with Gasteiger partial charge >= 0.3 is 0 Å². The molecule has 0 saturated heterocycles. The van der Waals surface area contributed by atoms with Crippen LogP contribution >= 0.6 is 0 Å². The molecule has 3 aromatic rings. The van der Waals surface area contributed by atoms with E-state index in [9.17, 15) is 9.50 Å². The zero-order valence-corrected chi connectivity index (χ0v) is 10.6. The lowest BCUT2D eigenvalue weighted by molar-refractivity contribution is 0.421. The fourth-order valence-corrected chi connectivity index (χ4v) is 2.25. The third-order valence-corrected chi connectivity index (χ3v) is 3.19. The maximum Gasteiger partial charge on any atom is 0.243 e. The molecule has 0 aliphatic carbocycles. The third-order valence-electron chi connectivity index (χ3n) is 3.19. The first-order valence-electron chi connectivity index (χ1n) is 6.19. The fourth-order valence-electron chi connectivity index (χ4n) is 2.25. The first-order valence-corrected chi connectivity index (χ1v) is 6.19. The van der Waals surface area contributed by atoms with Crippen LogP contribution in [-0.2, 0) is 0 Å². The highest BCUT2D eigenvalue weighted by atomic mass is 19.1. The van der Waals surface area contributed by atoms with Gasteiger partial charge in [-0.2, -0.15) is 4.39 Å². The Morgan fingerprint density at radius 3 is 2.05 bits per heavy atom. The summed E-state index contributed by atoms with van der Waals surface area (Å²) in [7, 11) is 0. The van der Waals surface area contributed by atoms with E-state index in [0.717, 1.165) is 5.56 Å². The first-order chi connectivity index (χ1) is 9.70. The molecule has 3 rings (SSSR count). The zero-order chi connectivity index (χ0) is 14.1. The molecule has 100 valence electrons. The van der Waals surface area contributed by atoms with E-state index in [1.807, 2.05) is 36.4 Å². The average molecular weight is 268 g/mol. The average Bonchev–Trinajstić information content (AvgIpc) is 2.73. The SMILES string of the molecule is Nc1c(O)c(F)n(-c2ccccc2)c1-c1ccccc1. The van der Waals surface area contributed by atoms with Gasteiger partial charge in [0.25, 0.3) is 0 Å². The van der Waals surface area contributed by atoms with Crippen molar-refractivity contribution in [3.05, 3.63) is 66.6 Å². The minimum atomic E-state index is -0.757. The van der Waals surface area contributed by atoms with Gasteiger partial charge in [0.2, 0.25) is 5.95 Å². The van der Waals surface area contributed by atoms with E-state index in [1.165, 1.54) is 4.57 Å². The number of nitrogens with zero attached hydrogens (tertiary/aromatic N) is 1. The van der Waals surface area contributed by atoms with E-state index in [2.05, 4.69) is 0 Å². The highest BCUT2D eigenvalue weighted by Crippen LogP contribution is 2.39. The van der Waals surface area contributed by atoms with Crippen molar-refractivity contribution in [2.24, 2.45) is 0 Å². The Morgan fingerprint density at radius 2 is 1.45 bits per heavy atom. The largest absolute Gasteiger partial charge is 0.502 e. The molecule has 0 fully saturated rings. The van der Waals surface area contributed by atoms with E-state index in [1.54, 1.807) is 24.3 Å². The van der Waals surface area contributed by atoms with Gasteiger partial charge in [0, 0.05) is 11.3 Å². The van der Waals surface area contributed by atoms with Crippen molar-refractivity contribution >= 4 is 5.69 Å². The molecule has 1 aromatic heterocycles. The number of anilines is 1. The second-order valence-corrected chi connectivity index (χ2v) is 4.44. The van der Waals surface area contributed by atoms with Crippen LogP contribution in [0.25, 0.3) is 16.9 Å². The molecule has 0 aliphatic heterocycles. The summed E-state index contributed by atoms with van der Waals surface area (Å²) in [6.45, 7) is 0. The number of halogens is 1. The van der Waals surface area contributed by atoms with Gasteiger partial charge in [-0.1, -0.05) is 48.5 Å². The molecule has 3 N–H and O–H groups in total. The lowest BCUT2D eigenvalue weighted by Gasteiger charge is -2.10. The number of nitrogen functional groups attached to an aromatic ring is 1. The predicted molar refractivity (Wildman–Crippen MR) is 77.2 cm³/mol. The molecule has 0 atom stereocenters. The molecule has 20 heavy (non-hydrogen) atoms. The minimum absolute atomic E-state index is 0.0394. The molecule has 3 nitrogen and oxygen atoms in total. The smallest absolute Gasteiger partial charge is 0.243 e. The quantitative estimate of drug-likeness (QED) is 0.746. The van der Waals surface area contributed by atoms with E-state index < -0.39 is 11.7 Å². The summed E-state index contributed by atoms with van der Waals surface area (Å²) in [6.07, 6.45) is 0. The van der Waals surface area contributed by atoms with Gasteiger partial charge < -0.3 is 10.8 Å². The number of para-hydroxylation sites is 1. The highest BCUT2D eigenvalue weighted by molar-refractivity contribution is 5.80. The Hall–Kier alpha value is -2.75. The Balaban J connectivity index is 2.32. The topological polar surface area (TPSA) is 51.2 Å². The van der Waals surface area contributed by atoms with E-state index in [-0.39, 0.29) is 5.69 Å². The lowest BCUT2D eigenvalue weighted by Crippen LogP contribution is -2.00. The number of hydrogen-bond acceptors (Lipinski definition) is 2. The Labute approximate surface area is 115 Å². The van der Waals surface area contributed by atoms with Crippen molar-refractivity contribution < 1.29 is 9.50 Å². The second kappa shape index (κ2) is 4.74. The van der Waals surface area contributed by atoms with Crippen molar-refractivity contribution in [1.29, 1.82) is 0 Å². The summed E-state index contributed by atoms with van der Waals surface area (Å²) >= 11 is 0. The van der Waals surface area contributed by atoms with Crippen molar-refractivity contribution in [1.82, 2.24) is 4.57 Å². The predicted octanol–water partition coefficient (Wildman–Crippen LogP) is 3.57. The van der Waals surface area contributed by atoms with Gasteiger partial charge in [0.05, 0.1) is 5.69 Å². The molecule has 0 unspecified atom stereocenters. The molecule has 0 saturated carbocycles. The van der Waals surface area contributed by atoms with Crippen LogP contribution in [0.1, 0.15) is 0 Å². The van der Waals surface area contributed by atoms with Crippen LogP contribution in [0.5, 0.6) is 5.75 Å². The molecular weight excluding hydrogens is 255 g/mol. The summed E-state index contributed by atoms with van der Waals surface area (Å²) in [4.78, 5) is 0. The molecule has 2 aromatic carbocycles. The highest BCUT2D eigenvalue weighted by Gasteiger charge is 2.22. The van der Waals surface area contributed by atoms with Crippen LogP contribution in [0.15, 0.2) is 60.7 Å². The van der Waals surface area contributed by atoms with Crippen LogP contribution < -0.4 is 5.73 Å². The van der Waals surface area contributed by atoms with Crippen molar-refractivity contribution in [2.75, 3.05) is 5.73 Å². The number of rotatable bonds is 2. The number of aromatic nitrogens is 1. The molecule has 0 spiro atoms. The van der Waals surface area contributed by atoms with Crippen LogP contribution in [0.3, 0.4) is 0 Å². The molecule has 1 heterocycles. The Bertz CT molecular complexity index is 673. The van der Waals surface area contributed by atoms with Crippen molar-refractivity contribution in [3.63, 3.8) is 0 Å². The number of hydrogen-bond donors (Lipinski definition) is 2. The Kier molecular flexibility index (Phi) is 2.91. The summed E-state index contributed by atoms with van der Waals surface area (Å²) in [6, 6.07) is 18.2. The van der Waals surface area contributed by atoms with Gasteiger partial charge in [0.15, 0.2) is 5.75 Å². The standard InChI is InChI=1S/C16H13FN2O/c17-16-15(20)13(18)14(11-7-3-1-4-8-11)19(16)12-9-5-2-6-10-12/h1-10,20H,18H2. The minimum Gasteiger partial charge on any atom is -0.502 e. The third kappa shape index (κ3) is 1.82. The van der Waals surface area contributed by atoms with Gasteiger partial charge in [-0.05, 0) is 12.1 Å². The normalized spacial score (nSPS) is 10.7. The molecule has 0 aliphatic rings. The maximum absolute atomic E-state index is 14.3.